The highest BCUT2D eigenvalue weighted by Crippen LogP contribution is 2.34. The molecule has 7 heteroatoms. The molecule has 0 atom stereocenters. The molecule has 0 saturated carbocycles. The molecule has 2 aromatic rings. The van der Waals surface area contributed by atoms with Crippen molar-refractivity contribution in [2.45, 2.75) is 6.92 Å². The third kappa shape index (κ3) is 2.83. The van der Waals surface area contributed by atoms with Gasteiger partial charge in [-0.1, -0.05) is 23.2 Å². The summed E-state index contributed by atoms with van der Waals surface area (Å²) in [6.45, 7) is 1.80. The largest absolute Gasteiger partial charge is 0.505 e. The normalized spacial score (nSPS) is 10.5. The van der Waals surface area contributed by atoms with Crippen LogP contribution in [-0.4, -0.2) is 20.8 Å². The van der Waals surface area contributed by atoms with E-state index in [0.717, 1.165) is 5.69 Å². The van der Waals surface area contributed by atoms with Crippen LogP contribution >= 0.6 is 23.2 Å². The lowest BCUT2D eigenvalue weighted by atomic mass is 10.2. The van der Waals surface area contributed by atoms with E-state index in [2.05, 4.69) is 10.4 Å². The first-order chi connectivity index (χ1) is 8.88. The molecule has 0 aliphatic rings. The van der Waals surface area contributed by atoms with Crippen molar-refractivity contribution in [2.24, 2.45) is 7.05 Å². The number of phenolic OH excluding ortho intramolecular Hbond substituents is 1. The van der Waals surface area contributed by atoms with Gasteiger partial charge in [-0.15, -0.1) is 0 Å². The molecule has 19 heavy (non-hydrogen) atoms. The number of aryl methyl sites for hydroxylation is 2. The van der Waals surface area contributed by atoms with Gasteiger partial charge in [0.05, 0.1) is 15.7 Å². The van der Waals surface area contributed by atoms with Gasteiger partial charge in [-0.25, -0.2) is 0 Å². The summed E-state index contributed by atoms with van der Waals surface area (Å²) >= 11 is 11.6. The summed E-state index contributed by atoms with van der Waals surface area (Å²) in [6.07, 6.45) is 0. The Labute approximate surface area is 119 Å². The zero-order chi connectivity index (χ0) is 14.2. The number of hydrogen-bond acceptors (Lipinski definition) is 3. The van der Waals surface area contributed by atoms with E-state index in [4.69, 9.17) is 23.2 Å². The van der Waals surface area contributed by atoms with Gasteiger partial charge in [0.25, 0.3) is 5.91 Å². The minimum absolute atomic E-state index is 0.0731. The van der Waals surface area contributed by atoms with Gasteiger partial charge in [-0.05, 0) is 25.1 Å². The van der Waals surface area contributed by atoms with E-state index < -0.39 is 0 Å². The fourth-order valence-electron chi connectivity index (χ4n) is 1.66. The molecule has 0 aliphatic carbocycles. The summed E-state index contributed by atoms with van der Waals surface area (Å²) in [5.74, 6) is -0.543. The monoisotopic (exact) mass is 299 g/mol. The predicted octanol–water partition coefficient (Wildman–Crippen LogP) is 2.99. The molecule has 0 unspecified atom stereocenters. The Morgan fingerprint density at radius 1 is 1.32 bits per heavy atom. The van der Waals surface area contributed by atoms with Crippen molar-refractivity contribution in [3.8, 4) is 5.75 Å². The first-order valence-corrected chi connectivity index (χ1v) is 6.14. The molecule has 1 amide bonds. The van der Waals surface area contributed by atoms with Crippen LogP contribution in [0.3, 0.4) is 0 Å². The molecule has 0 saturated heterocycles. The zero-order valence-electron chi connectivity index (χ0n) is 10.2. The molecule has 2 N–H and O–H groups in total. The Kier molecular flexibility index (Phi) is 3.68. The van der Waals surface area contributed by atoms with Gasteiger partial charge >= 0.3 is 0 Å². The molecule has 1 heterocycles. The van der Waals surface area contributed by atoms with Crippen LogP contribution in [0.5, 0.6) is 5.75 Å². The summed E-state index contributed by atoms with van der Waals surface area (Å²) < 4.78 is 1.48. The Bertz CT molecular complexity index is 629. The topological polar surface area (TPSA) is 67.2 Å². The number of nitrogens with one attached hydrogen (secondary N) is 1. The molecule has 0 bridgehead atoms. The van der Waals surface area contributed by atoms with Crippen molar-refractivity contribution in [3.05, 3.63) is 39.6 Å². The van der Waals surface area contributed by atoms with E-state index in [1.165, 1.54) is 16.8 Å². The third-order valence-corrected chi connectivity index (χ3v) is 3.09. The van der Waals surface area contributed by atoms with Gasteiger partial charge in [0.15, 0.2) is 5.75 Å². The van der Waals surface area contributed by atoms with Gasteiger partial charge in [0.1, 0.15) is 5.69 Å². The number of phenols is 1. The smallest absolute Gasteiger partial charge is 0.273 e. The lowest BCUT2D eigenvalue weighted by Gasteiger charge is -2.07. The Morgan fingerprint density at radius 3 is 2.37 bits per heavy atom. The average molecular weight is 300 g/mol. The van der Waals surface area contributed by atoms with Crippen LogP contribution in [0.15, 0.2) is 18.2 Å². The van der Waals surface area contributed by atoms with E-state index in [1.54, 1.807) is 20.0 Å². The second-order valence-corrected chi connectivity index (χ2v) is 4.85. The number of amides is 1. The maximum Gasteiger partial charge on any atom is 0.273 e. The standard InChI is InChI=1S/C12H11Cl2N3O2/c1-6-3-10(17(2)16-6)12(19)15-7-4-8(13)11(18)9(14)5-7/h3-5,18H,1-2H3,(H,15,19). The van der Waals surface area contributed by atoms with E-state index in [0.29, 0.717) is 11.4 Å². The number of carbonyl (C=O) groups is 1. The van der Waals surface area contributed by atoms with Crippen LogP contribution in [-0.2, 0) is 7.05 Å². The molecular weight excluding hydrogens is 289 g/mol. The van der Waals surface area contributed by atoms with Crippen LogP contribution in [0.2, 0.25) is 10.0 Å². The van der Waals surface area contributed by atoms with Crippen LogP contribution < -0.4 is 5.32 Å². The highest BCUT2D eigenvalue weighted by Gasteiger charge is 2.14. The van der Waals surface area contributed by atoms with Crippen molar-refractivity contribution < 1.29 is 9.90 Å². The van der Waals surface area contributed by atoms with Crippen LogP contribution in [0.4, 0.5) is 5.69 Å². The molecule has 0 spiro atoms. The third-order valence-electron chi connectivity index (χ3n) is 2.51. The van der Waals surface area contributed by atoms with Gasteiger partial charge in [0.2, 0.25) is 0 Å². The minimum Gasteiger partial charge on any atom is -0.505 e. The molecular formula is C12H11Cl2N3O2. The van der Waals surface area contributed by atoms with Crippen molar-refractivity contribution in [1.82, 2.24) is 9.78 Å². The number of nitrogens with zero attached hydrogens (tertiary/aromatic N) is 2. The Hall–Kier alpha value is -1.72. The SMILES string of the molecule is Cc1cc(C(=O)Nc2cc(Cl)c(O)c(Cl)c2)n(C)n1. The fourth-order valence-corrected chi connectivity index (χ4v) is 2.14. The number of rotatable bonds is 2. The molecule has 1 aromatic heterocycles. The molecule has 0 aliphatic heterocycles. The molecule has 100 valence electrons. The summed E-state index contributed by atoms with van der Waals surface area (Å²) in [6, 6.07) is 4.51. The Morgan fingerprint density at radius 2 is 1.89 bits per heavy atom. The average Bonchev–Trinajstić information content (AvgIpc) is 2.65. The lowest BCUT2D eigenvalue weighted by molar-refractivity contribution is 0.101. The quantitative estimate of drug-likeness (QED) is 0.838. The highest BCUT2D eigenvalue weighted by molar-refractivity contribution is 6.37. The van der Waals surface area contributed by atoms with Crippen LogP contribution in [0, 0.1) is 6.92 Å². The Balaban J connectivity index is 2.27. The molecule has 2 rings (SSSR count). The van der Waals surface area contributed by atoms with Crippen LogP contribution in [0.25, 0.3) is 0 Å². The van der Waals surface area contributed by atoms with Gasteiger partial charge in [0, 0.05) is 12.7 Å². The van der Waals surface area contributed by atoms with Crippen molar-refractivity contribution in [3.63, 3.8) is 0 Å². The van der Waals surface area contributed by atoms with E-state index in [-0.39, 0.29) is 21.7 Å². The number of halogens is 2. The number of benzene rings is 1. The number of anilines is 1. The number of aromatic nitrogens is 2. The maximum absolute atomic E-state index is 12.0. The lowest BCUT2D eigenvalue weighted by Crippen LogP contribution is -2.16. The van der Waals surface area contributed by atoms with Crippen molar-refractivity contribution in [1.29, 1.82) is 0 Å². The zero-order valence-corrected chi connectivity index (χ0v) is 11.7. The van der Waals surface area contributed by atoms with Gasteiger partial charge < -0.3 is 10.4 Å². The summed E-state index contributed by atoms with van der Waals surface area (Å²) in [4.78, 5) is 12.0. The predicted molar refractivity (Wildman–Crippen MR) is 74.0 cm³/mol. The first-order valence-electron chi connectivity index (χ1n) is 5.38. The summed E-state index contributed by atoms with van der Waals surface area (Å²) in [5, 5.41) is 16.3. The molecule has 0 radical (unpaired) electrons. The summed E-state index contributed by atoms with van der Waals surface area (Å²) in [7, 11) is 1.68. The minimum atomic E-state index is -0.332. The van der Waals surface area contributed by atoms with Gasteiger partial charge in [-0.2, -0.15) is 5.10 Å². The molecule has 5 nitrogen and oxygen atoms in total. The fraction of sp³-hybridized carbons (Fsp3) is 0.167. The van der Waals surface area contributed by atoms with Crippen LogP contribution in [0.1, 0.15) is 16.2 Å². The van der Waals surface area contributed by atoms with E-state index in [1.807, 2.05) is 0 Å². The first kappa shape index (κ1) is 13.7. The van der Waals surface area contributed by atoms with Crippen molar-refractivity contribution >= 4 is 34.8 Å². The number of carbonyl (C=O) groups excluding carboxylic acids is 1. The molecule has 0 fully saturated rings. The number of hydrogen-bond donors (Lipinski definition) is 2. The second-order valence-electron chi connectivity index (χ2n) is 4.04. The summed E-state index contributed by atoms with van der Waals surface area (Å²) in [5.41, 5.74) is 1.56. The second kappa shape index (κ2) is 5.11. The highest BCUT2D eigenvalue weighted by atomic mass is 35.5. The van der Waals surface area contributed by atoms with E-state index >= 15 is 0 Å². The maximum atomic E-state index is 12.0. The van der Waals surface area contributed by atoms with E-state index in [9.17, 15) is 9.90 Å². The molecule has 1 aromatic carbocycles. The number of aromatic hydroxyl groups is 1. The van der Waals surface area contributed by atoms with Gasteiger partial charge in [-0.3, -0.25) is 9.48 Å². The van der Waals surface area contributed by atoms with Crippen molar-refractivity contribution in [2.75, 3.05) is 5.32 Å².